The van der Waals surface area contributed by atoms with Crippen LogP contribution < -0.4 is 11.1 Å². The number of nitrogens with zero attached hydrogens (tertiary/aromatic N) is 4. The zero-order valence-electron chi connectivity index (χ0n) is 10.5. The third-order valence-corrected chi connectivity index (χ3v) is 3.06. The summed E-state index contributed by atoms with van der Waals surface area (Å²) >= 11 is 6.04. The molecule has 2 rings (SSSR count). The van der Waals surface area contributed by atoms with Gasteiger partial charge in [0, 0.05) is 18.8 Å². The molecule has 1 atom stereocenters. The number of aryl methyl sites for hydroxylation is 2. The van der Waals surface area contributed by atoms with Crippen LogP contribution in [0.5, 0.6) is 0 Å². The van der Waals surface area contributed by atoms with E-state index in [1.807, 2.05) is 27.1 Å². The van der Waals surface area contributed by atoms with Gasteiger partial charge in [-0.25, -0.2) is 9.97 Å². The van der Waals surface area contributed by atoms with Crippen molar-refractivity contribution in [2.45, 2.75) is 19.9 Å². The van der Waals surface area contributed by atoms with Crippen LogP contribution in [0, 0.1) is 6.92 Å². The molecule has 0 amide bonds. The van der Waals surface area contributed by atoms with Crippen LogP contribution in [0.4, 0.5) is 11.6 Å². The Hall–Kier alpha value is -1.82. The monoisotopic (exact) mass is 266 g/mol. The Morgan fingerprint density at radius 3 is 2.78 bits per heavy atom. The smallest absolute Gasteiger partial charge is 0.150 e. The van der Waals surface area contributed by atoms with E-state index in [1.165, 1.54) is 6.33 Å². The van der Waals surface area contributed by atoms with Crippen molar-refractivity contribution < 1.29 is 0 Å². The molecular weight excluding hydrogens is 252 g/mol. The fourth-order valence-corrected chi connectivity index (χ4v) is 1.96. The lowest BCUT2D eigenvalue weighted by molar-refractivity contribution is 0.756. The van der Waals surface area contributed by atoms with Crippen molar-refractivity contribution in [2.75, 3.05) is 11.1 Å². The summed E-state index contributed by atoms with van der Waals surface area (Å²) in [5.41, 5.74) is 7.69. The van der Waals surface area contributed by atoms with Gasteiger partial charge in [-0.15, -0.1) is 0 Å². The first kappa shape index (κ1) is 12.6. The van der Waals surface area contributed by atoms with Crippen LogP contribution in [0.3, 0.4) is 0 Å². The normalized spacial score (nSPS) is 12.4. The molecule has 0 spiro atoms. The molecule has 96 valence electrons. The molecule has 0 saturated carbocycles. The van der Waals surface area contributed by atoms with Crippen molar-refractivity contribution >= 4 is 23.2 Å². The van der Waals surface area contributed by atoms with Crippen molar-refractivity contribution in [1.29, 1.82) is 0 Å². The average molecular weight is 267 g/mol. The number of anilines is 2. The summed E-state index contributed by atoms with van der Waals surface area (Å²) in [7, 11) is 1.89. The largest absolute Gasteiger partial charge is 0.382 e. The van der Waals surface area contributed by atoms with E-state index in [-0.39, 0.29) is 11.9 Å². The third kappa shape index (κ3) is 2.38. The Kier molecular flexibility index (Phi) is 3.38. The fraction of sp³-hybridized carbons (Fsp3) is 0.364. The van der Waals surface area contributed by atoms with E-state index in [9.17, 15) is 0 Å². The molecule has 0 fully saturated rings. The lowest BCUT2D eigenvalue weighted by atomic mass is 10.1. The maximum atomic E-state index is 6.04. The molecular formula is C11H15ClN6. The number of hydrogen-bond donors (Lipinski definition) is 2. The molecule has 0 aliphatic rings. The molecule has 2 heterocycles. The molecule has 2 aromatic rings. The van der Waals surface area contributed by atoms with Gasteiger partial charge >= 0.3 is 0 Å². The molecule has 0 aromatic carbocycles. The van der Waals surface area contributed by atoms with Crippen molar-refractivity contribution in [3.8, 4) is 0 Å². The molecule has 0 radical (unpaired) electrons. The molecule has 18 heavy (non-hydrogen) atoms. The maximum Gasteiger partial charge on any atom is 0.150 e. The summed E-state index contributed by atoms with van der Waals surface area (Å²) in [6, 6.07) is 0.0329. The summed E-state index contributed by atoms with van der Waals surface area (Å²) in [6.07, 6.45) is 3.35. The van der Waals surface area contributed by atoms with Gasteiger partial charge in [-0.05, 0) is 13.8 Å². The van der Waals surface area contributed by atoms with E-state index in [2.05, 4.69) is 20.4 Å². The van der Waals surface area contributed by atoms with Gasteiger partial charge in [0.05, 0.1) is 11.7 Å². The zero-order chi connectivity index (χ0) is 13.3. The average Bonchev–Trinajstić information content (AvgIpc) is 2.64. The summed E-state index contributed by atoms with van der Waals surface area (Å²) in [4.78, 5) is 7.90. The van der Waals surface area contributed by atoms with E-state index in [0.717, 1.165) is 11.3 Å². The maximum absolute atomic E-state index is 6.04. The minimum atomic E-state index is 0.0329. The topological polar surface area (TPSA) is 81.7 Å². The molecule has 0 bridgehead atoms. The van der Waals surface area contributed by atoms with E-state index in [1.54, 1.807) is 4.68 Å². The molecule has 0 saturated heterocycles. The Morgan fingerprint density at radius 1 is 1.44 bits per heavy atom. The highest BCUT2D eigenvalue weighted by Crippen LogP contribution is 2.27. The third-order valence-electron chi connectivity index (χ3n) is 2.69. The molecule has 1 unspecified atom stereocenters. The Balaban J connectivity index is 2.24. The van der Waals surface area contributed by atoms with Crippen LogP contribution in [-0.4, -0.2) is 19.7 Å². The van der Waals surface area contributed by atoms with Crippen LogP contribution in [0.25, 0.3) is 0 Å². The summed E-state index contributed by atoms with van der Waals surface area (Å²) < 4.78 is 1.78. The summed E-state index contributed by atoms with van der Waals surface area (Å²) in [5.74, 6) is 0.796. The molecule has 2 aromatic heterocycles. The Bertz CT molecular complexity index is 565. The molecule has 7 heteroatoms. The van der Waals surface area contributed by atoms with Gasteiger partial charge < -0.3 is 11.1 Å². The lowest BCUT2D eigenvalue weighted by Crippen LogP contribution is -2.10. The minimum Gasteiger partial charge on any atom is -0.382 e. The lowest BCUT2D eigenvalue weighted by Gasteiger charge is -2.15. The van der Waals surface area contributed by atoms with Crippen LogP contribution in [0.15, 0.2) is 12.5 Å². The number of aromatic nitrogens is 4. The first-order valence-electron chi connectivity index (χ1n) is 5.51. The number of halogens is 1. The zero-order valence-corrected chi connectivity index (χ0v) is 11.2. The fourth-order valence-electron chi connectivity index (χ4n) is 1.81. The highest BCUT2D eigenvalue weighted by atomic mass is 35.5. The van der Waals surface area contributed by atoms with Crippen LogP contribution in [-0.2, 0) is 7.05 Å². The molecule has 0 aliphatic carbocycles. The van der Waals surface area contributed by atoms with E-state index in [0.29, 0.717) is 10.8 Å². The first-order valence-corrected chi connectivity index (χ1v) is 5.89. The number of nitrogen functional groups attached to an aromatic ring is 1. The SMILES string of the molecule is Cc1nn(C)cc1C(C)Nc1ncnc(N)c1Cl. The summed E-state index contributed by atoms with van der Waals surface area (Å²) in [5, 5.41) is 7.84. The number of nitrogens with one attached hydrogen (secondary N) is 1. The Morgan fingerprint density at radius 2 is 2.17 bits per heavy atom. The number of rotatable bonds is 3. The highest BCUT2D eigenvalue weighted by Gasteiger charge is 2.14. The minimum absolute atomic E-state index is 0.0329. The van der Waals surface area contributed by atoms with Gasteiger partial charge in [-0.3, -0.25) is 4.68 Å². The van der Waals surface area contributed by atoms with E-state index in [4.69, 9.17) is 17.3 Å². The van der Waals surface area contributed by atoms with Crippen LogP contribution in [0.2, 0.25) is 5.02 Å². The standard InChI is InChI=1S/C11H15ClN6/c1-6(8-4-18(3)17-7(8)2)16-11-9(12)10(13)14-5-15-11/h4-6H,1-3H3,(H3,13,14,15,16). The predicted molar refractivity (Wildman–Crippen MR) is 71.4 cm³/mol. The quantitative estimate of drug-likeness (QED) is 0.887. The van der Waals surface area contributed by atoms with Crippen LogP contribution in [0.1, 0.15) is 24.2 Å². The highest BCUT2D eigenvalue weighted by molar-refractivity contribution is 6.35. The number of nitrogens with two attached hydrogens (primary N) is 1. The van der Waals surface area contributed by atoms with Crippen molar-refractivity contribution in [2.24, 2.45) is 7.05 Å². The predicted octanol–water partition coefficient (Wildman–Crippen LogP) is 1.93. The van der Waals surface area contributed by atoms with Gasteiger partial charge in [-0.2, -0.15) is 5.10 Å². The second-order valence-corrected chi connectivity index (χ2v) is 4.51. The van der Waals surface area contributed by atoms with Crippen molar-refractivity contribution in [3.05, 3.63) is 28.8 Å². The number of hydrogen-bond acceptors (Lipinski definition) is 5. The molecule has 0 aliphatic heterocycles. The van der Waals surface area contributed by atoms with Crippen LogP contribution >= 0.6 is 11.6 Å². The van der Waals surface area contributed by atoms with Gasteiger partial charge in [0.25, 0.3) is 0 Å². The second kappa shape index (κ2) is 4.81. The molecule has 6 nitrogen and oxygen atoms in total. The van der Waals surface area contributed by atoms with Gasteiger partial charge in [0.1, 0.15) is 17.2 Å². The Labute approximate surface area is 110 Å². The van der Waals surface area contributed by atoms with Crippen molar-refractivity contribution in [3.63, 3.8) is 0 Å². The first-order chi connectivity index (χ1) is 8.49. The van der Waals surface area contributed by atoms with Gasteiger partial charge in [0.15, 0.2) is 5.82 Å². The molecule has 3 N–H and O–H groups in total. The van der Waals surface area contributed by atoms with E-state index < -0.39 is 0 Å². The van der Waals surface area contributed by atoms with Gasteiger partial charge in [0.2, 0.25) is 0 Å². The van der Waals surface area contributed by atoms with Gasteiger partial charge in [-0.1, -0.05) is 11.6 Å². The van der Waals surface area contributed by atoms with Crippen molar-refractivity contribution in [1.82, 2.24) is 19.7 Å². The van der Waals surface area contributed by atoms with E-state index >= 15 is 0 Å². The second-order valence-electron chi connectivity index (χ2n) is 4.13. The summed E-state index contributed by atoms with van der Waals surface area (Å²) in [6.45, 7) is 3.97.